The molecule has 32 heavy (non-hydrogen) atoms. The SMILES string of the molecule is Cn1c(CN2CCCN([C@@H]3CCCc4ccccc43)CC2)c(Br)c(=O)n1-c1ccccc1. The average Bonchev–Trinajstić information content (AvgIpc) is 2.98. The molecule has 0 unspecified atom stereocenters. The minimum absolute atomic E-state index is 0.00367. The molecule has 1 aromatic heterocycles. The Balaban J connectivity index is 1.32. The highest BCUT2D eigenvalue weighted by molar-refractivity contribution is 9.10. The first-order valence-electron chi connectivity index (χ1n) is 11.7. The van der Waals surface area contributed by atoms with Crippen molar-refractivity contribution in [2.75, 3.05) is 26.2 Å². The van der Waals surface area contributed by atoms with Gasteiger partial charge in [-0.3, -0.25) is 19.3 Å². The van der Waals surface area contributed by atoms with Crippen LogP contribution in [0.3, 0.4) is 0 Å². The van der Waals surface area contributed by atoms with E-state index in [1.165, 1.54) is 30.4 Å². The molecule has 5 rings (SSSR count). The van der Waals surface area contributed by atoms with Gasteiger partial charge in [-0.25, -0.2) is 4.68 Å². The van der Waals surface area contributed by atoms with E-state index in [1.54, 1.807) is 4.68 Å². The van der Waals surface area contributed by atoms with Crippen molar-refractivity contribution in [1.82, 2.24) is 19.2 Å². The maximum Gasteiger partial charge on any atom is 0.286 e. The summed E-state index contributed by atoms with van der Waals surface area (Å²) in [7, 11) is 1.98. The van der Waals surface area contributed by atoms with Crippen LogP contribution in [-0.2, 0) is 20.0 Å². The number of halogens is 1. The third-order valence-electron chi connectivity index (χ3n) is 7.10. The summed E-state index contributed by atoms with van der Waals surface area (Å²) in [6.45, 7) is 5.07. The lowest BCUT2D eigenvalue weighted by atomic mass is 9.87. The van der Waals surface area contributed by atoms with Gasteiger partial charge in [-0.1, -0.05) is 42.5 Å². The second-order valence-corrected chi connectivity index (χ2v) is 9.80. The van der Waals surface area contributed by atoms with E-state index in [9.17, 15) is 4.79 Å². The number of aromatic nitrogens is 2. The van der Waals surface area contributed by atoms with Crippen molar-refractivity contribution in [3.63, 3.8) is 0 Å². The first kappa shape index (κ1) is 21.7. The van der Waals surface area contributed by atoms with Crippen LogP contribution in [0.5, 0.6) is 0 Å². The topological polar surface area (TPSA) is 33.4 Å². The van der Waals surface area contributed by atoms with Crippen LogP contribution in [-0.4, -0.2) is 45.3 Å². The largest absolute Gasteiger partial charge is 0.296 e. The van der Waals surface area contributed by atoms with Crippen LogP contribution in [0.25, 0.3) is 5.69 Å². The Morgan fingerprint density at radius 3 is 2.56 bits per heavy atom. The van der Waals surface area contributed by atoms with Crippen LogP contribution >= 0.6 is 15.9 Å². The van der Waals surface area contributed by atoms with E-state index < -0.39 is 0 Å². The fourth-order valence-corrected chi connectivity index (χ4v) is 5.98. The number of nitrogens with zero attached hydrogens (tertiary/aromatic N) is 4. The van der Waals surface area contributed by atoms with Crippen molar-refractivity contribution in [3.05, 3.63) is 86.2 Å². The van der Waals surface area contributed by atoms with Crippen molar-refractivity contribution in [2.45, 2.75) is 38.3 Å². The van der Waals surface area contributed by atoms with Gasteiger partial charge in [0.1, 0.15) is 4.47 Å². The third-order valence-corrected chi connectivity index (χ3v) is 7.90. The number of fused-ring (bicyclic) bond motifs is 1. The highest BCUT2D eigenvalue weighted by atomic mass is 79.9. The molecule has 168 valence electrons. The van der Waals surface area contributed by atoms with Crippen molar-refractivity contribution in [1.29, 1.82) is 0 Å². The van der Waals surface area contributed by atoms with Gasteiger partial charge >= 0.3 is 0 Å². The summed E-state index contributed by atoms with van der Waals surface area (Å²) in [5, 5.41) is 0. The lowest BCUT2D eigenvalue weighted by Crippen LogP contribution is -2.35. The zero-order valence-electron chi connectivity index (χ0n) is 18.7. The van der Waals surface area contributed by atoms with Crippen LogP contribution in [0.15, 0.2) is 63.9 Å². The number of aryl methyl sites for hydroxylation is 1. The quantitative estimate of drug-likeness (QED) is 0.534. The Morgan fingerprint density at radius 2 is 1.72 bits per heavy atom. The van der Waals surface area contributed by atoms with Gasteiger partial charge in [0.05, 0.1) is 11.4 Å². The predicted octanol–water partition coefficient (Wildman–Crippen LogP) is 4.52. The van der Waals surface area contributed by atoms with Gasteiger partial charge in [-0.05, 0) is 71.4 Å². The van der Waals surface area contributed by atoms with E-state index in [1.807, 2.05) is 42.1 Å². The van der Waals surface area contributed by atoms with Crippen LogP contribution in [0.1, 0.15) is 42.1 Å². The Labute approximate surface area is 198 Å². The lowest BCUT2D eigenvalue weighted by Gasteiger charge is -2.35. The molecule has 1 aliphatic carbocycles. The van der Waals surface area contributed by atoms with Gasteiger partial charge in [0, 0.05) is 39.3 Å². The van der Waals surface area contributed by atoms with Gasteiger partial charge in [0.2, 0.25) is 0 Å². The molecule has 3 aromatic rings. The molecule has 0 amide bonds. The molecule has 1 saturated heterocycles. The van der Waals surface area contributed by atoms with Gasteiger partial charge in [-0.15, -0.1) is 0 Å². The highest BCUT2D eigenvalue weighted by Gasteiger charge is 2.28. The monoisotopic (exact) mass is 494 g/mol. The van der Waals surface area contributed by atoms with Crippen LogP contribution < -0.4 is 5.56 Å². The van der Waals surface area contributed by atoms with Gasteiger partial charge < -0.3 is 0 Å². The molecule has 0 spiro atoms. The van der Waals surface area contributed by atoms with E-state index in [0.717, 1.165) is 50.5 Å². The summed E-state index contributed by atoms with van der Waals surface area (Å²) in [6, 6.07) is 19.4. The molecule has 2 aromatic carbocycles. The minimum Gasteiger partial charge on any atom is -0.296 e. The second-order valence-electron chi connectivity index (χ2n) is 9.01. The zero-order chi connectivity index (χ0) is 22.1. The minimum atomic E-state index is 0.00367. The first-order chi connectivity index (χ1) is 15.6. The number of hydrogen-bond donors (Lipinski definition) is 0. The summed E-state index contributed by atoms with van der Waals surface area (Å²) in [6.07, 6.45) is 4.91. The molecule has 2 aliphatic rings. The molecule has 0 saturated carbocycles. The normalized spacial score (nSPS) is 20.1. The molecule has 0 bridgehead atoms. The molecule has 1 aliphatic heterocycles. The van der Waals surface area contributed by atoms with Crippen molar-refractivity contribution >= 4 is 15.9 Å². The van der Waals surface area contributed by atoms with E-state index >= 15 is 0 Å². The van der Waals surface area contributed by atoms with Crippen molar-refractivity contribution in [2.24, 2.45) is 7.05 Å². The molecule has 2 heterocycles. The number of rotatable bonds is 4. The maximum atomic E-state index is 13.0. The Kier molecular flexibility index (Phi) is 6.35. The van der Waals surface area contributed by atoms with E-state index in [2.05, 4.69) is 50.0 Å². The Bertz CT molecular complexity index is 1140. The molecule has 1 fully saturated rings. The summed E-state index contributed by atoms with van der Waals surface area (Å²) in [5.41, 5.74) is 5.01. The standard InChI is InChI=1S/C26H31BrN4O/c1-28-24(25(27)26(32)31(28)21-11-3-2-4-12-21)19-29-15-8-16-30(18-17-29)23-14-7-10-20-9-5-6-13-22(20)23/h2-6,9,11-13,23H,7-8,10,14-19H2,1H3/t23-/m1/s1. The smallest absolute Gasteiger partial charge is 0.286 e. The van der Waals surface area contributed by atoms with E-state index in [4.69, 9.17) is 0 Å². The molecule has 6 heteroatoms. The Hall–Kier alpha value is -2.15. The van der Waals surface area contributed by atoms with Crippen LogP contribution in [0.2, 0.25) is 0 Å². The fraction of sp³-hybridized carbons (Fsp3) is 0.423. The van der Waals surface area contributed by atoms with Gasteiger partial charge in [0.15, 0.2) is 0 Å². The maximum absolute atomic E-state index is 13.0. The summed E-state index contributed by atoms with van der Waals surface area (Å²) in [4.78, 5) is 18.2. The lowest BCUT2D eigenvalue weighted by molar-refractivity contribution is 0.179. The van der Waals surface area contributed by atoms with Gasteiger partial charge in [-0.2, -0.15) is 0 Å². The molecule has 0 N–H and O–H groups in total. The summed E-state index contributed by atoms with van der Waals surface area (Å²) in [5.74, 6) is 0. The third kappa shape index (κ3) is 4.12. The van der Waals surface area contributed by atoms with Gasteiger partial charge in [0.25, 0.3) is 5.56 Å². The number of benzene rings is 2. The van der Waals surface area contributed by atoms with Crippen LogP contribution in [0.4, 0.5) is 0 Å². The van der Waals surface area contributed by atoms with Crippen LogP contribution in [0, 0.1) is 0 Å². The fourth-order valence-electron chi connectivity index (χ4n) is 5.43. The molecular weight excluding hydrogens is 464 g/mol. The molecule has 5 nitrogen and oxygen atoms in total. The van der Waals surface area contributed by atoms with Crippen molar-refractivity contribution < 1.29 is 0 Å². The van der Waals surface area contributed by atoms with E-state index in [0.29, 0.717) is 10.5 Å². The molecule has 0 radical (unpaired) electrons. The Morgan fingerprint density at radius 1 is 0.938 bits per heavy atom. The number of hydrogen-bond acceptors (Lipinski definition) is 3. The molecular formula is C26H31BrN4O. The second kappa shape index (κ2) is 9.38. The predicted molar refractivity (Wildman–Crippen MR) is 132 cm³/mol. The number of para-hydroxylation sites is 1. The highest BCUT2D eigenvalue weighted by Crippen LogP contribution is 2.34. The first-order valence-corrected chi connectivity index (χ1v) is 12.5. The summed E-state index contributed by atoms with van der Waals surface area (Å²) < 4.78 is 4.43. The average molecular weight is 495 g/mol. The molecule has 1 atom stereocenters. The van der Waals surface area contributed by atoms with E-state index in [-0.39, 0.29) is 5.56 Å². The summed E-state index contributed by atoms with van der Waals surface area (Å²) >= 11 is 3.60. The zero-order valence-corrected chi connectivity index (χ0v) is 20.3. The van der Waals surface area contributed by atoms with Crippen molar-refractivity contribution in [3.8, 4) is 5.69 Å².